The molecule has 5 nitrogen and oxygen atoms in total. The lowest BCUT2D eigenvalue weighted by molar-refractivity contribution is 0.601. The minimum Gasteiger partial charge on any atom is -0.306 e. The van der Waals surface area contributed by atoms with Crippen LogP contribution in [0.3, 0.4) is 0 Å². The lowest BCUT2D eigenvalue weighted by Crippen LogP contribution is -2.13. The second-order valence-corrected chi connectivity index (χ2v) is 8.29. The van der Waals surface area contributed by atoms with Gasteiger partial charge in [-0.05, 0) is 66.6 Å². The SMILES string of the molecule is Cc1cn(-c2ccc(NS(=O)(=O)c3cccc(-c4ccc(F)cc4)c3)cc2)cn1. The van der Waals surface area contributed by atoms with Gasteiger partial charge in [0.05, 0.1) is 16.9 Å². The molecule has 0 saturated heterocycles. The zero-order valence-electron chi connectivity index (χ0n) is 15.6. The molecule has 4 aromatic rings. The van der Waals surface area contributed by atoms with Gasteiger partial charge in [-0.3, -0.25) is 4.72 Å². The van der Waals surface area contributed by atoms with Crippen LogP contribution in [-0.2, 0) is 10.0 Å². The highest BCUT2D eigenvalue weighted by Gasteiger charge is 2.15. The maximum Gasteiger partial charge on any atom is 0.261 e. The molecule has 1 N–H and O–H groups in total. The summed E-state index contributed by atoms with van der Waals surface area (Å²) in [5.74, 6) is -0.339. The molecule has 0 aliphatic heterocycles. The smallest absolute Gasteiger partial charge is 0.261 e. The number of rotatable bonds is 5. The molecule has 146 valence electrons. The Morgan fingerprint density at radius 3 is 2.31 bits per heavy atom. The second kappa shape index (κ2) is 7.52. The Kier molecular flexibility index (Phi) is 4.90. The van der Waals surface area contributed by atoms with Crippen molar-refractivity contribution < 1.29 is 12.8 Å². The molecule has 0 spiro atoms. The van der Waals surface area contributed by atoms with Gasteiger partial charge in [0.1, 0.15) is 5.82 Å². The summed E-state index contributed by atoms with van der Waals surface area (Å²) >= 11 is 0. The molecule has 29 heavy (non-hydrogen) atoms. The maximum atomic E-state index is 13.1. The Morgan fingerprint density at radius 2 is 1.66 bits per heavy atom. The number of sulfonamides is 1. The Balaban J connectivity index is 1.57. The Hall–Kier alpha value is -3.45. The monoisotopic (exact) mass is 407 g/mol. The molecule has 7 heteroatoms. The van der Waals surface area contributed by atoms with Crippen LogP contribution in [0.1, 0.15) is 5.69 Å². The summed E-state index contributed by atoms with van der Waals surface area (Å²) in [6.07, 6.45) is 3.59. The summed E-state index contributed by atoms with van der Waals surface area (Å²) < 4.78 is 43.2. The molecule has 1 heterocycles. The number of imidazole rings is 1. The summed E-state index contributed by atoms with van der Waals surface area (Å²) in [4.78, 5) is 4.32. The van der Waals surface area contributed by atoms with Gasteiger partial charge in [0.25, 0.3) is 10.0 Å². The number of anilines is 1. The van der Waals surface area contributed by atoms with Crippen LogP contribution < -0.4 is 4.72 Å². The Labute approximate surface area is 168 Å². The number of nitrogens with one attached hydrogen (secondary N) is 1. The minimum absolute atomic E-state index is 0.133. The van der Waals surface area contributed by atoms with Crippen LogP contribution in [0, 0.1) is 12.7 Å². The van der Waals surface area contributed by atoms with Crippen molar-refractivity contribution in [1.29, 1.82) is 0 Å². The fourth-order valence-corrected chi connectivity index (χ4v) is 4.07. The maximum absolute atomic E-state index is 13.1. The van der Waals surface area contributed by atoms with E-state index in [2.05, 4.69) is 9.71 Å². The Bertz CT molecular complexity index is 1250. The van der Waals surface area contributed by atoms with E-state index >= 15 is 0 Å². The van der Waals surface area contributed by atoms with Crippen LogP contribution in [0.15, 0.2) is 90.2 Å². The van der Waals surface area contributed by atoms with Gasteiger partial charge in [0, 0.05) is 17.6 Å². The topological polar surface area (TPSA) is 64.0 Å². The summed E-state index contributed by atoms with van der Waals surface area (Å²) in [5, 5.41) is 0. The number of hydrogen-bond donors (Lipinski definition) is 1. The van der Waals surface area contributed by atoms with Gasteiger partial charge in [0.2, 0.25) is 0 Å². The van der Waals surface area contributed by atoms with Crippen LogP contribution in [0.25, 0.3) is 16.8 Å². The molecular formula is C22H18FN3O2S. The number of nitrogens with zero attached hydrogens (tertiary/aromatic N) is 2. The molecule has 0 aliphatic carbocycles. The van der Waals surface area contributed by atoms with Crippen molar-refractivity contribution in [1.82, 2.24) is 9.55 Å². The molecule has 0 aliphatic rings. The van der Waals surface area contributed by atoms with Crippen LogP contribution >= 0.6 is 0 Å². The first-order valence-electron chi connectivity index (χ1n) is 8.91. The quantitative estimate of drug-likeness (QED) is 0.517. The first-order valence-corrected chi connectivity index (χ1v) is 10.4. The standard InChI is InChI=1S/C22H18FN3O2S/c1-16-14-26(15-24-16)21-11-9-20(10-12-21)25-29(27,28)22-4-2-3-18(13-22)17-5-7-19(23)8-6-17/h2-15,25H,1H3. The van der Waals surface area contributed by atoms with E-state index < -0.39 is 10.0 Å². The van der Waals surface area contributed by atoms with E-state index in [1.54, 1.807) is 48.8 Å². The van der Waals surface area contributed by atoms with Gasteiger partial charge in [-0.15, -0.1) is 0 Å². The molecule has 0 bridgehead atoms. The van der Waals surface area contributed by atoms with Crippen LogP contribution in [0.4, 0.5) is 10.1 Å². The van der Waals surface area contributed by atoms with Crippen LogP contribution in [0.2, 0.25) is 0 Å². The van der Waals surface area contributed by atoms with E-state index in [9.17, 15) is 12.8 Å². The van der Waals surface area contributed by atoms with E-state index in [4.69, 9.17) is 0 Å². The number of benzene rings is 3. The van der Waals surface area contributed by atoms with Crippen molar-refractivity contribution in [2.24, 2.45) is 0 Å². The molecule has 0 radical (unpaired) electrons. The highest BCUT2D eigenvalue weighted by Crippen LogP contribution is 2.24. The Morgan fingerprint density at radius 1 is 0.931 bits per heavy atom. The van der Waals surface area contributed by atoms with Gasteiger partial charge in [-0.25, -0.2) is 17.8 Å². The lowest BCUT2D eigenvalue weighted by atomic mass is 10.1. The van der Waals surface area contributed by atoms with Crippen molar-refractivity contribution in [3.05, 3.63) is 96.8 Å². The highest BCUT2D eigenvalue weighted by molar-refractivity contribution is 7.92. The fraction of sp³-hybridized carbons (Fsp3) is 0.0455. The molecule has 0 unspecified atom stereocenters. The van der Waals surface area contributed by atoms with Gasteiger partial charge < -0.3 is 4.57 Å². The predicted octanol–water partition coefficient (Wildman–Crippen LogP) is 4.79. The molecule has 0 saturated carbocycles. The van der Waals surface area contributed by atoms with E-state index in [-0.39, 0.29) is 10.7 Å². The highest BCUT2D eigenvalue weighted by atomic mass is 32.2. The third-order valence-corrected chi connectivity index (χ3v) is 5.83. The van der Waals surface area contributed by atoms with Crippen molar-refractivity contribution >= 4 is 15.7 Å². The largest absolute Gasteiger partial charge is 0.306 e. The molecule has 0 atom stereocenters. The molecule has 0 amide bonds. The van der Waals surface area contributed by atoms with E-state index in [1.165, 1.54) is 18.2 Å². The summed E-state index contributed by atoms with van der Waals surface area (Å²) in [7, 11) is -3.77. The van der Waals surface area contributed by atoms with Crippen molar-refractivity contribution in [3.63, 3.8) is 0 Å². The van der Waals surface area contributed by atoms with Crippen LogP contribution in [0.5, 0.6) is 0 Å². The zero-order valence-corrected chi connectivity index (χ0v) is 16.4. The van der Waals surface area contributed by atoms with Gasteiger partial charge in [-0.2, -0.15) is 0 Å². The first kappa shape index (κ1) is 18.9. The van der Waals surface area contributed by atoms with Gasteiger partial charge in [-0.1, -0.05) is 24.3 Å². The minimum atomic E-state index is -3.77. The van der Waals surface area contributed by atoms with Crippen LogP contribution in [-0.4, -0.2) is 18.0 Å². The van der Waals surface area contributed by atoms with E-state index in [0.29, 0.717) is 11.3 Å². The average molecular weight is 407 g/mol. The third kappa shape index (κ3) is 4.20. The average Bonchev–Trinajstić information content (AvgIpc) is 3.15. The fourth-order valence-electron chi connectivity index (χ4n) is 2.96. The molecule has 1 aromatic heterocycles. The lowest BCUT2D eigenvalue weighted by Gasteiger charge is -2.11. The summed E-state index contributed by atoms with van der Waals surface area (Å²) in [5.41, 5.74) is 3.67. The summed E-state index contributed by atoms with van der Waals surface area (Å²) in [6, 6.07) is 19.5. The normalized spacial score (nSPS) is 11.4. The van der Waals surface area contributed by atoms with Crippen molar-refractivity contribution in [3.8, 4) is 16.8 Å². The van der Waals surface area contributed by atoms with E-state index in [1.807, 2.05) is 29.8 Å². The predicted molar refractivity (Wildman–Crippen MR) is 111 cm³/mol. The first-order chi connectivity index (χ1) is 13.9. The number of aromatic nitrogens is 2. The third-order valence-electron chi connectivity index (χ3n) is 4.45. The second-order valence-electron chi connectivity index (χ2n) is 6.61. The molecule has 0 fully saturated rings. The van der Waals surface area contributed by atoms with Crippen molar-refractivity contribution in [2.75, 3.05) is 4.72 Å². The number of hydrogen-bond acceptors (Lipinski definition) is 3. The zero-order chi connectivity index (χ0) is 20.4. The number of aryl methyl sites for hydroxylation is 1. The van der Waals surface area contributed by atoms with Gasteiger partial charge in [0.15, 0.2) is 0 Å². The van der Waals surface area contributed by atoms with Gasteiger partial charge >= 0.3 is 0 Å². The molecule has 4 rings (SSSR count). The summed E-state index contributed by atoms with van der Waals surface area (Å²) in [6.45, 7) is 1.90. The number of halogens is 1. The van der Waals surface area contributed by atoms with Crippen molar-refractivity contribution in [2.45, 2.75) is 11.8 Å². The molecular weight excluding hydrogens is 389 g/mol. The molecule has 3 aromatic carbocycles. The van der Waals surface area contributed by atoms with E-state index in [0.717, 1.165) is 16.9 Å².